The molecule has 0 saturated heterocycles. The normalized spacial score (nSPS) is 13.3. The van der Waals surface area contributed by atoms with Gasteiger partial charge in [-0.1, -0.05) is 22.0 Å². The highest BCUT2D eigenvalue weighted by molar-refractivity contribution is 9.10. The molecule has 0 bridgehead atoms. The molecule has 0 amide bonds. The SMILES string of the molecule is NCC(O)Cc1c[nH]c2cccc(Br)c12. The van der Waals surface area contributed by atoms with Gasteiger partial charge in [-0.05, 0) is 17.7 Å². The molecule has 1 heterocycles. The van der Waals surface area contributed by atoms with Gasteiger partial charge in [-0.2, -0.15) is 0 Å². The van der Waals surface area contributed by atoms with Gasteiger partial charge in [-0.15, -0.1) is 0 Å². The standard InChI is InChI=1S/C11H13BrN2O/c12-9-2-1-3-10-11(9)7(6-14-10)4-8(15)5-13/h1-3,6,8,14-15H,4-5,13H2. The predicted molar refractivity (Wildman–Crippen MR) is 64.8 cm³/mol. The summed E-state index contributed by atoms with van der Waals surface area (Å²) in [5.41, 5.74) is 7.56. The number of nitrogens with two attached hydrogens (primary N) is 1. The Labute approximate surface area is 96.4 Å². The molecule has 0 aliphatic heterocycles. The van der Waals surface area contributed by atoms with Crippen LogP contribution >= 0.6 is 15.9 Å². The Morgan fingerprint density at radius 3 is 3.00 bits per heavy atom. The molecule has 1 aromatic heterocycles. The van der Waals surface area contributed by atoms with Gasteiger partial charge in [0.05, 0.1) is 6.10 Å². The number of halogens is 1. The smallest absolute Gasteiger partial charge is 0.0703 e. The minimum absolute atomic E-state index is 0.289. The van der Waals surface area contributed by atoms with E-state index in [2.05, 4.69) is 20.9 Å². The van der Waals surface area contributed by atoms with E-state index in [0.29, 0.717) is 6.42 Å². The second kappa shape index (κ2) is 4.35. The van der Waals surface area contributed by atoms with Crippen molar-refractivity contribution >= 4 is 26.8 Å². The van der Waals surface area contributed by atoms with Gasteiger partial charge in [-0.25, -0.2) is 0 Å². The minimum atomic E-state index is -0.476. The first-order valence-corrected chi connectivity index (χ1v) is 5.64. The summed E-state index contributed by atoms with van der Waals surface area (Å²) in [4.78, 5) is 3.18. The van der Waals surface area contributed by atoms with Gasteiger partial charge < -0.3 is 15.8 Å². The van der Waals surface area contributed by atoms with Crippen molar-refractivity contribution in [1.82, 2.24) is 4.98 Å². The van der Waals surface area contributed by atoms with Crippen molar-refractivity contribution in [3.63, 3.8) is 0 Å². The number of hydrogen-bond acceptors (Lipinski definition) is 2. The first-order chi connectivity index (χ1) is 7.22. The molecule has 0 radical (unpaired) electrons. The minimum Gasteiger partial charge on any atom is -0.391 e. The third-order valence-corrected chi connectivity index (χ3v) is 3.13. The van der Waals surface area contributed by atoms with Crippen molar-refractivity contribution in [2.75, 3.05) is 6.54 Å². The maximum absolute atomic E-state index is 9.53. The van der Waals surface area contributed by atoms with Crippen molar-refractivity contribution < 1.29 is 5.11 Å². The van der Waals surface area contributed by atoms with Crippen LogP contribution in [0.25, 0.3) is 10.9 Å². The van der Waals surface area contributed by atoms with E-state index >= 15 is 0 Å². The lowest BCUT2D eigenvalue weighted by Crippen LogP contribution is -2.21. The maximum atomic E-state index is 9.53. The number of benzene rings is 1. The van der Waals surface area contributed by atoms with Gasteiger partial charge >= 0.3 is 0 Å². The van der Waals surface area contributed by atoms with Crippen LogP contribution in [0.3, 0.4) is 0 Å². The number of hydrogen-bond donors (Lipinski definition) is 3. The number of aliphatic hydroxyl groups excluding tert-OH is 1. The van der Waals surface area contributed by atoms with Crippen LogP contribution < -0.4 is 5.73 Å². The van der Waals surface area contributed by atoms with Crippen LogP contribution in [0.1, 0.15) is 5.56 Å². The Morgan fingerprint density at radius 1 is 1.47 bits per heavy atom. The van der Waals surface area contributed by atoms with Gasteiger partial charge in [0.1, 0.15) is 0 Å². The van der Waals surface area contributed by atoms with Crippen LogP contribution in [0.5, 0.6) is 0 Å². The lowest BCUT2D eigenvalue weighted by Gasteiger charge is -2.06. The van der Waals surface area contributed by atoms with Crippen LogP contribution in [-0.2, 0) is 6.42 Å². The molecule has 2 rings (SSSR count). The quantitative estimate of drug-likeness (QED) is 0.795. The highest BCUT2D eigenvalue weighted by atomic mass is 79.9. The molecule has 1 aromatic carbocycles. The summed E-state index contributed by atoms with van der Waals surface area (Å²) in [6.07, 6.45) is 2.03. The molecule has 2 aromatic rings. The van der Waals surface area contributed by atoms with Crippen molar-refractivity contribution in [3.05, 3.63) is 34.4 Å². The molecule has 80 valence electrons. The third-order valence-electron chi connectivity index (χ3n) is 2.46. The van der Waals surface area contributed by atoms with Crippen molar-refractivity contribution in [1.29, 1.82) is 0 Å². The molecule has 1 atom stereocenters. The molecule has 1 unspecified atom stereocenters. The Hall–Kier alpha value is -0.840. The Morgan fingerprint density at radius 2 is 2.27 bits per heavy atom. The molecule has 3 nitrogen and oxygen atoms in total. The first-order valence-electron chi connectivity index (χ1n) is 4.85. The molecule has 0 spiro atoms. The van der Waals surface area contributed by atoms with Crippen LogP contribution in [0.15, 0.2) is 28.9 Å². The van der Waals surface area contributed by atoms with Gasteiger partial charge in [0, 0.05) is 34.5 Å². The van der Waals surface area contributed by atoms with Crippen LogP contribution in [0, 0.1) is 0 Å². The molecule has 0 aliphatic carbocycles. The predicted octanol–water partition coefficient (Wildman–Crippen LogP) is 1.79. The molecule has 0 saturated carbocycles. The fraction of sp³-hybridized carbons (Fsp3) is 0.273. The summed E-state index contributed by atoms with van der Waals surface area (Å²) in [6, 6.07) is 5.99. The molecule has 4 heteroatoms. The van der Waals surface area contributed by atoms with Crippen molar-refractivity contribution in [2.24, 2.45) is 5.73 Å². The third kappa shape index (κ3) is 2.07. The molecular weight excluding hydrogens is 256 g/mol. The molecule has 0 aliphatic rings. The second-order valence-electron chi connectivity index (χ2n) is 3.57. The zero-order valence-corrected chi connectivity index (χ0v) is 9.79. The largest absolute Gasteiger partial charge is 0.391 e. The lowest BCUT2D eigenvalue weighted by atomic mass is 10.1. The fourth-order valence-corrected chi connectivity index (χ4v) is 2.33. The zero-order chi connectivity index (χ0) is 10.8. The van der Waals surface area contributed by atoms with E-state index in [0.717, 1.165) is 20.9 Å². The number of aromatic nitrogens is 1. The summed E-state index contributed by atoms with van der Waals surface area (Å²) in [5, 5.41) is 10.7. The van der Waals surface area contributed by atoms with E-state index in [-0.39, 0.29) is 6.54 Å². The lowest BCUT2D eigenvalue weighted by molar-refractivity contribution is 0.184. The van der Waals surface area contributed by atoms with Crippen molar-refractivity contribution in [2.45, 2.75) is 12.5 Å². The van der Waals surface area contributed by atoms with E-state index in [4.69, 9.17) is 5.73 Å². The average Bonchev–Trinajstić information content (AvgIpc) is 2.63. The number of aliphatic hydroxyl groups is 1. The molecule has 4 N–H and O–H groups in total. The van der Waals surface area contributed by atoms with Gasteiger partial charge in [0.2, 0.25) is 0 Å². The van der Waals surface area contributed by atoms with E-state index in [1.54, 1.807) is 0 Å². The molecular formula is C11H13BrN2O. The second-order valence-corrected chi connectivity index (χ2v) is 4.42. The van der Waals surface area contributed by atoms with Gasteiger partial charge in [-0.3, -0.25) is 0 Å². The zero-order valence-electron chi connectivity index (χ0n) is 8.20. The topological polar surface area (TPSA) is 62.0 Å². The number of aromatic amines is 1. The number of H-pyrrole nitrogens is 1. The monoisotopic (exact) mass is 268 g/mol. The van der Waals surface area contributed by atoms with E-state index < -0.39 is 6.10 Å². The van der Waals surface area contributed by atoms with Crippen LogP contribution in [0.2, 0.25) is 0 Å². The van der Waals surface area contributed by atoms with E-state index in [9.17, 15) is 5.11 Å². The van der Waals surface area contributed by atoms with Gasteiger partial charge in [0.25, 0.3) is 0 Å². The molecule has 0 fully saturated rings. The first kappa shape index (κ1) is 10.7. The van der Waals surface area contributed by atoms with Crippen molar-refractivity contribution in [3.8, 4) is 0 Å². The van der Waals surface area contributed by atoms with E-state index in [1.165, 1.54) is 0 Å². The highest BCUT2D eigenvalue weighted by Gasteiger charge is 2.10. The average molecular weight is 269 g/mol. The molecule has 15 heavy (non-hydrogen) atoms. The summed E-state index contributed by atoms with van der Waals surface area (Å²) in [6.45, 7) is 0.289. The van der Waals surface area contributed by atoms with Crippen LogP contribution in [-0.4, -0.2) is 22.7 Å². The highest BCUT2D eigenvalue weighted by Crippen LogP contribution is 2.27. The Balaban J connectivity index is 2.43. The Kier molecular flexibility index (Phi) is 3.09. The fourth-order valence-electron chi connectivity index (χ4n) is 1.71. The number of nitrogens with one attached hydrogen (secondary N) is 1. The summed E-state index contributed by atoms with van der Waals surface area (Å²) in [5.74, 6) is 0. The van der Waals surface area contributed by atoms with E-state index in [1.807, 2.05) is 24.4 Å². The Bertz CT molecular complexity index is 467. The summed E-state index contributed by atoms with van der Waals surface area (Å²) < 4.78 is 1.04. The number of fused-ring (bicyclic) bond motifs is 1. The summed E-state index contributed by atoms with van der Waals surface area (Å²) >= 11 is 3.51. The van der Waals surface area contributed by atoms with Gasteiger partial charge in [0.15, 0.2) is 0 Å². The number of rotatable bonds is 3. The maximum Gasteiger partial charge on any atom is 0.0703 e. The summed E-state index contributed by atoms with van der Waals surface area (Å²) in [7, 11) is 0. The van der Waals surface area contributed by atoms with Crippen LogP contribution in [0.4, 0.5) is 0 Å².